The molecule has 1 aromatic heterocycles. The fraction of sp³-hybridized carbons (Fsp3) is 0.250. The molecule has 1 amide bonds. The van der Waals surface area contributed by atoms with E-state index in [0.29, 0.717) is 30.5 Å². The molecule has 0 radical (unpaired) electrons. The number of carbonyl (C=O) groups is 1. The summed E-state index contributed by atoms with van der Waals surface area (Å²) in [5.74, 6) is 0.472. The van der Waals surface area contributed by atoms with Gasteiger partial charge in [-0.25, -0.2) is 4.98 Å². The van der Waals surface area contributed by atoms with E-state index < -0.39 is 4.92 Å². The van der Waals surface area contributed by atoms with Crippen molar-refractivity contribution in [1.29, 1.82) is 0 Å². The predicted octanol–water partition coefficient (Wildman–Crippen LogP) is 2.80. The largest absolute Gasteiger partial charge is 0.366 e. The van der Waals surface area contributed by atoms with E-state index in [1.54, 1.807) is 12.1 Å². The van der Waals surface area contributed by atoms with E-state index in [2.05, 4.69) is 20.9 Å². The molecule has 0 aliphatic carbocycles. The van der Waals surface area contributed by atoms with Crippen molar-refractivity contribution in [3.05, 3.63) is 57.1 Å². The average Bonchev–Trinajstić information content (AvgIpc) is 2.56. The predicted molar refractivity (Wildman–Crippen MR) is 96.8 cm³/mol. The van der Waals surface area contributed by atoms with E-state index in [1.807, 2.05) is 18.2 Å². The Bertz CT molecular complexity index is 769. The van der Waals surface area contributed by atoms with Crippen LogP contribution in [-0.4, -0.2) is 28.9 Å². The fourth-order valence-corrected chi connectivity index (χ4v) is 2.30. The Labute approximate surface area is 149 Å². The highest BCUT2D eigenvalue weighted by Crippen LogP contribution is 2.24. The number of nitro groups is 1. The number of hydrogen-bond donors (Lipinski definition) is 3. The lowest BCUT2D eigenvalue weighted by molar-refractivity contribution is -0.384. The van der Waals surface area contributed by atoms with Gasteiger partial charge in [-0.3, -0.25) is 14.9 Å². The minimum absolute atomic E-state index is 0.129. The van der Waals surface area contributed by atoms with E-state index in [-0.39, 0.29) is 17.4 Å². The van der Waals surface area contributed by atoms with E-state index in [0.717, 1.165) is 5.56 Å². The lowest BCUT2D eigenvalue weighted by atomic mass is 10.2. The van der Waals surface area contributed by atoms with Crippen molar-refractivity contribution in [2.24, 2.45) is 0 Å². The Morgan fingerprint density at radius 1 is 1.24 bits per heavy atom. The molecule has 0 bridgehead atoms. The van der Waals surface area contributed by atoms with Crippen LogP contribution in [0.1, 0.15) is 12.5 Å². The summed E-state index contributed by atoms with van der Waals surface area (Å²) < 4.78 is 0. The normalized spacial score (nSPS) is 10.2. The van der Waals surface area contributed by atoms with Crippen LogP contribution in [0.25, 0.3) is 0 Å². The number of aromatic nitrogens is 1. The lowest BCUT2D eigenvalue weighted by Gasteiger charge is -2.10. The summed E-state index contributed by atoms with van der Waals surface area (Å²) in [6, 6.07) is 10.3. The summed E-state index contributed by atoms with van der Waals surface area (Å²) in [6.07, 6.45) is 0. The van der Waals surface area contributed by atoms with Crippen LogP contribution < -0.4 is 16.0 Å². The fourth-order valence-electron chi connectivity index (χ4n) is 2.09. The maximum absolute atomic E-state index is 11.1. The maximum Gasteiger partial charge on any atom is 0.311 e. The summed E-state index contributed by atoms with van der Waals surface area (Å²) >= 11 is 5.94. The second-order valence-corrected chi connectivity index (χ2v) is 5.65. The van der Waals surface area contributed by atoms with Gasteiger partial charge in [0.05, 0.1) is 4.92 Å². The zero-order valence-electron chi connectivity index (χ0n) is 13.6. The minimum atomic E-state index is -0.505. The number of hydrogen-bond acceptors (Lipinski definition) is 6. The first-order valence-electron chi connectivity index (χ1n) is 7.58. The molecule has 0 saturated carbocycles. The third kappa shape index (κ3) is 5.92. The first kappa shape index (κ1) is 18.5. The number of rotatable bonds is 8. The van der Waals surface area contributed by atoms with Crippen molar-refractivity contribution < 1.29 is 9.72 Å². The van der Waals surface area contributed by atoms with Crippen LogP contribution in [0, 0.1) is 10.1 Å². The first-order valence-corrected chi connectivity index (χ1v) is 7.95. The summed E-state index contributed by atoms with van der Waals surface area (Å²) in [4.78, 5) is 25.7. The molecule has 9 heteroatoms. The molecule has 1 aromatic carbocycles. The molecule has 0 unspecified atom stereocenters. The lowest BCUT2D eigenvalue weighted by Crippen LogP contribution is -2.26. The van der Waals surface area contributed by atoms with Gasteiger partial charge in [0.25, 0.3) is 0 Å². The molecule has 8 nitrogen and oxygen atoms in total. The first-order chi connectivity index (χ1) is 12.0. The number of nitrogens with zero attached hydrogens (tertiary/aromatic N) is 2. The van der Waals surface area contributed by atoms with Crippen LogP contribution in [0.2, 0.25) is 5.02 Å². The topological polar surface area (TPSA) is 109 Å². The molecule has 0 aliphatic rings. The van der Waals surface area contributed by atoms with Crippen LogP contribution in [0.4, 0.5) is 17.3 Å². The molecular weight excluding hydrogens is 346 g/mol. The molecule has 2 rings (SSSR count). The molecule has 0 spiro atoms. The zero-order valence-corrected chi connectivity index (χ0v) is 14.3. The molecule has 25 heavy (non-hydrogen) atoms. The number of amides is 1. The highest BCUT2D eigenvalue weighted by Gasteiger charge is 2.15. The molecule has 1 heterocycles. The SMILES string of the molecule is CC(=O)NCCNc1nc(NCc2cccc(Cl)c2)ccc1[N+](=O)[O-]. The third-order valence-electron chi connectivity index (χ3n) is 3.22. The van der Waals surface area contributed by atoms with Crippen LogP contribution in [0.3, 0.4) is 0 Å². The zero-order chi connectivity index (χ0) is 18.2. The number of pyridine rings is 1. The molecule has 0 atom stereocenters. The Hall–Kier alpha value is -2.87. The van der Waals surface area contributed by atoms with Gasteiger partial charge in [-0.15, -0.1) is 0 Å². The number of benzene rings is 1. The molecule has 132 valence electrons. The number of carbonyl (C=O) groups excluding carboxylic acids is 1. The van der Waals surface area contributed by atoms with Gasteiger partial charge in [-0.1, -0.05) is 23.7 Å². The van der Waals surface area contributed by atoms with Crippen molar-refractivity contribution in [3.63, 3.8) is 0 Å². The van der Waals surface area contributed by atoms with Gasteiger partial charge in [-0.2, -0.15) is 0 Å². The molecule has 0 fully saturated rings. The van der Waals surface area contributed by atoms with Crippen molar-refractivity contribution in [1.82, 2.24) is 10.3 Å². The standard InChI is InChI=1S/C16H18ClN5O3/c1-11(23)18-7-8-19-16-14(22(24)25)5-6-15(21-16)20-10-12-3-2-4-13(17)9-12/h2-6,9H,7-8,10H2,1H3,(H,18,23)(H2,19,20,21). The van der Waals surface area contributed by atoms with Crippen molar-refractivity contribution in [2.75, 3.05) is 23.7 Å². The molecule has 3 N–H and O–H groups in total. The summed E-state index contributed by atoms with van der Waals surface area (Å²) in [5, 5.41) is 20.3. The van der Waals surface area contributed by atoms with Gasteiger partial charge in [0, 0.05) is 37.6 Å². The van der Waals surface area contributed by atoms with E-state index in [4.69, 9.17) is 11.6 Å². The average molecular weight is 364 g/mol. The van der Waals surface area contributed by atoms with Gasteiger partial charge >= 0.3 is 5.69 Å². The monoisotopic (exact) mass is 363 g/mol. The Morgan fingerprint density at radius 3 is 2.72 bits per heavy atom. The van der Waals surface area contributed by atoms with Gasteiger partial charge in [-0.05, 0) is 23.8 Å². The van der Waals surface area contributed by atoms with E-state index in [9.17, 15) is 14.9 Å². The second-order valence-electron chi connectivity index (χ2n) is 5.21. The Balaban J connectivity index is 2.04. The van der Waals surface area contributed by atoms with Crippen molar-refractivity contribution >= 4 is 34.8 Å². The number of nitrogens with one attached hydrogen (secondary N) is 3. The smallest absolute Gasteiger partial charge is 0.311 e. The maximum atomic E-state index is 11.1. The number of halogens is 1. The number of anilines is 2. The van der Waals surface area contributed by atoms with Gasteiger partial charge in [0.1, 0.15) is 5.82 Å². The quantitative estimate of drug-likeness (QED) is 0.378. The third-order valence-corrected chi connectivity index (χ3v) is 3.46. The van der Waals surface area contributed by atoms with Crippen molar-refractivity contribution in [2.45, 2.75) is 13.5 Å². The minimum Gasteiger partial charge on any atom is -0.366 e. The molecule has 0 aliphatic heterocycles. The van der Waals surface area contributed by atoms with Crippen LogP contribution in [-0.2, 0) is 11.3 Å². The van der Waals surface area contributed by atoms with Crippen LogP contribution >= 0.6 is 11.6 Å². The van der Waals surface area contributed by atoms with Gasteiger partial charge in [0.2, 0.25) is 11.7 Å². The summed E-state index contributed by atoms with van der Waals surface area (Å²) in [5.41, 5.74) is 0.837. The highest BCUT2D eigenvalue weighted by atomic mass is 35.5. The van der Waals surface area contributed by atoms with Crippen LogP contribution in [0.5, 0.6) is 0 Å². The van der Waals surface area contributed by atoms with Crippen molar-refractivity contribution in [3.8, 4) is 0 Å². The molecular formula is C16H18ClN5O3. The molecule has 0 saturated heterocycles. The second kappa shape index (κ2) is 8.84. The van der Waals surface area contributed by atoms with Crippen LogP contribution in [0.15, 0.2) is 36.4 Å². The van der Waals surface area contributed by atoms with E-state index >= 15 is 0 Å². The summed E-state index contributed by atoms with van der Waals surface area (Å²) in [6.45, 7) is 2.55. The molecule has 2 aromatic rings. The van der Waals surface area contributed by atoms with Gasteiger partial charge in [0.15, 0.2) is 0 Å². The van der Waals surface area contributed by atoms with Gasteiger partial charge < -0.3 is 16.0 Å². The Kier molecular flexibility index (Phi) is 6.53. The Morgan fingerprint density at radius 2 is 2.04 bits per heavy atom. The highest BCUT2D eigenvalue weighted by molar-refractivity contribution is 6.30. The van der Waals surface area contributed by atoms with E-state index in [1.165, 1.54) is 13.0 Å². The summed E-state index contributed by atoms with van der Waals surface area (Å²) in [7, 11) is 0.